The van der Waals surface area contributed by atoms with Crippen molar-refractivity contribution in [1.82, 2.24) is 30.3 Å². The number of hydrogen-bond acceptors (Lipinski definition) is 7. The van der Waals surface area contributed by atoms with E-state index in [-0.39, 0.29) is 11.9 Å². The number of nitrogens with zero attached hydrogens (tertiary/aromatic N) is 6. The monoisotopic (exact) mass is 343 g/mol. The number of carbonyl (C=O) groups is 1. The lowest BCUT2D eigenvalue weighted by atomic mass is 10.2. The van der Waals surface area contributed by atoms with Gasteiger partial charge in [0.15, 0.2) is 0 Å². The van der Waals surface area contributed by atoms with E-state index in [1.165, 1.54) is 4.80 Å². The molecule has 4 heterocycles. The van der Waals surface area contributed by atoms with Crippen LogP contribution in [0, 0.1) is 0 Å². The van der Waals surface area contributed by atoms with Crippen LogP contribution >= 0.6 is 11.3 Å². The van der Waals surface area contributed by atoms with Crippen LogP contribution in [0.15, 0.2) is 24.0 Å². The number of amides is 1. The Morgan fingerprint density at radius 2 is 2.38 bits per heavy atom. The molecule has 1 N–H and O–H groups in total. The minimum absolute atomic E-state index is 0.000134. The average molecular weight is 343 g/mol. The summed E-state index contributed by atoms with van der Waals surface area (Å²) in [6, 6.07) is 1.81. The summed E-state index contributed by atoms with van der Waals surface area (Å²) in [6.07, 6.45) is 5.02. The van der Waals surface area contributed by atoms with Crippen molar-refractivity contribution in [2.75, 3.05) is 11.4 Å². The fourth-order valence-electron chi connectivity index (χ4n) is 3.06. The van der Waals surface area contributed by atoms with Crippen molar-refractivity contribution in [3.8, 4) is 0 Å². The molecule has 0 spiro atoms. The smallest absolute Gasteiger partial charge is 0.243 e. The molecule has 9 heteroatoms. The standard InChI is InChI=1S/C15H17N7OS/c1-21-19-8-10(20-21)7-16-14(23)12-3-2-5-22(12)13-11-4-6-24-15(11)18-9-17-13/h4,6,8-9,12H,2-3,5,7H2,1H3,(H,16,23). The van der Waals surface area contributed by atoms with E-state index in [1.54, 1.807) is 30.9 Å². The highest BCUT2D eigenvalue weighted by molar-refractivity contribution is 7.16. The number of aryl methyl sites for hydroxylation is 1. The molecular weight excluding hydrogens is 326 g/mol. The molecule has 0 radical (unpaired) electrons. The number of fused-ring (bicyclic) bond motifs is 1. The van der Waals surface area contributed by atoms with Crippen LogP contribution in [-0.4, -0.2) is 43.5 Å². The minimum Gasteiger partial charge on any atom is -0.349 e. The predicted molar refractivity (Wildman–Crippen MR) is 90.6 cm³/mol. The zero-order valence-electron chi connectivity index (χ0n) is 13.2. The van der Waals surface area contributed by atoms with Crippen molar-refractivity contribution in [2.45, 2.75) is 25.4 Å². The van der Waals surface area contributed by atoms with Crippen LogP contribution in [-0.2, 0) is 18.4 Å². The Labute approximate surface area is 142 Å². The van der Waals surface area contributed by atoms with E-state index >= 15 is 0 Å². The number of aromatic nitrogens is 5. The van der Waals surface area contributed by atoms with E-state index < -0.39 is 0 Å². The summed E-state index contributed by atoms with van der Waals surface area (Å²) in [4.78, 5) is 25.9. The van der Waals surface area contributed by atoms with Crippen molar-refractivity contribution >= 4 is 33.3 Å². The fourth-order valence-corrected chi connectivity index (χ4v) is 3.79. The molecule has 1 aliphatic heterocycles. The first-order valence-electron chi connectivity index (χ1n) is 7.80. The number of rotatable bonds is 4. The van der Waals surface area contributed by atoms with E-state index in [0.29, 0.717) is 6.54 Å². The quantitative estimate of drug-likeness (QED) is 0.763. The molecule has 1 unspecified atom stereocenters. The second kappa shape index (κ2) is 6.16. The summed E-state index contributed by atoms with van der Waals surface area (Å²) in [5.41, 5.74) is 0.748. The van der Waals surface area contributed by atoms with Crippen LogP contribution in [0.3, 0.4) is 0 Å². The van der Waals surface area contributed by atoms with E-state index in [9.17, 15) is 4.79 Å². The molecule has 1 fully saturated rings. The normalized spacial score (nSPS) is 17.5. The van der Waals surface area contributed by atoms with Gasteiger partial charge in [0.05, 0.1) is 18.1 Å². The lowest BCUT2D eigenvalue weighted by Gasteiger charge is -2.25. The number of anilines is 1. The average Bonchev–Trinajstić information content (AvgIpc) is 3.32. The van der Waals surface area contributed by atoms with E-state index in [1.807, 2.05) is 11.4 Å². The molecule has 0 saturated carbocycles. The third-order valence-corrected chi connectivity index (χ3v) is 4.98. The maximum absolute atomic E-state index is 12.6. The molecule has 1 aliphatic rings. The Hall–Kier alpha value is -2.55. The van der Waals surface area contributed by atoms with Gasteiger partial charge in [-0.3, -0.25) is 4.79 Å². The van der Waals surface area contributed by atoms with Crippen LogP contribution in [0.4, 0.5) is 5.82 Å². The van der Waals surface area contributed by atoms with Crippen molar-refractivity contribution in [1.29, 1.82) is 0 Å². The molecule has 3 aromatic heterocycles. The highest BCUT2D eigenvalue weighted by atomic mass is 32.1. The molecule has 1 saturated heterocycles. The van der Waals surface area contributed by atoms with Gasteiger partial charge in [-0.25, -0.2) is 9.97 Å². The molecule has 124 valence electrons. The largest absolute Gasteiger partial charge is 0.349 e. The first kappa shape index (κ1) is 15.0. The third-order valence-electron chi connectivity index (χ3n) is 4.16. The molecule has 4 rings (SSSR count). The lowest BCUT2D eigenvalue weighted by Crippen LogP contribution is -2.43. The van der Waals surface area contributed by atoms with E-state index in [0.717, 1.165) is 41.1 Å². The summed E-state index contributed by atoms with van der Waals surface area (Å²) >= 11 is 1.58. The highest BCUT2D eigenvalue weighted by Crippen LogP contribution is 2.31. The van der Waals surface area contributed by atoms with Crippen LogP contribution in [0.25, 0.3) is 10.2 Å². The van der Waals surface area contributed by atoms with Gasteiger partial charge < -0.3 is 10.2 Å². The maximum atomic E-state index is 12.6. The van der Waals surface area contributed by atoms with Gasteiger partial charge in [-0.2, -0.15) is 15.0 Å². The predicted octanol–water partition coefficient (Wildman–Crippen LogP) is 1.10. The van der Waals surface area contributed by atoms with Gasteiger partial charge >= 0.3 is 0 Å². The zero-order chi connectivity index (χ0) is 16.5. The van der Waals surface area contributed by atoms with Gasteiger partial charge in [-0.05, 0) is 24.3 Å². The van der Waals surface area contributed by atoms with Crippen molar-refractivity contribution in [3.63, 3.8) is 0 Å². The lowest BCUT2D eigenvalue weighted by molar-refractivity contribution is -0.122. The van der Waals surface area contributed by atoms with Crippen molar-refractivity contribution in [2.24, 2.45) is 7.05 Å². The summed E-state index contributed by atoms with van der Waals surface area (Å²) in [7, 11) is 1.76. The van der Waals surface area contributed by atoms with Crippen LogP contribution in [0.5, 0.6) is 0 Å². The van der Waals surface area contributed by atoms with Gasteiger partial charge in [-0.1, -0.05) is 0 Å². The van der Waals surface area contributed by atoms with E-state index in [4.69, 9.17) is 0 Å². The van der Waals surface area contributed by atoms with E-state index in [2.05, 4.69) is 30.4 Å². The Balaban J connectivity index is 1.52. The molecule has 1 amide bonds. The maximum Gasteiger partial charge on any atom is 0.243 e. The van der Waals surface area contributed by atoms with Gasteiger partial charge in [-0.15, -0.1) is 11.3 Å². The Bertz CT molecular complexity index is 873. The van der Waals surface area contributed by atoms with Gasteiger partial charge in [0, 0.05) is 13.6 Å². The first-order chi connectivity index (χ1) is 11.7. The molecule has 0 aliphatic carbocycles. The highest BCUT2D eigenvalue weighted by Gasteiger charge is 2.32. The topological polar surface area (TPSA) is 88.8 Å². The van der Waals surface area contributed by atoms with Crippen molar-refractivity contribution < 1.29 is 4.79 Å². The Morgan fingerprint density at radius 3 is 3.21 bits per heavy atom. The van der Waals surface area contributed by atoms with Gasteiger partial charge in [0.1, 0.15) is 28.7 Å². The molecule has 8 nitrogen and oxygen atoms in total. The van der Waals surface area contributed by atoms with Crippen LogP contribution < -0.4 is 10.2 Å². The summed E-state index contributed by atoms with van der Waals surface area (Å²) < 4.78 is 0. The second-order valence-electron chi connectivity index (χ2n) is 5.73. The number of hydrogen-bond donors (Lipinski definition) is 1. The molecule has 0 aromatic carbocycles. The molecule has 3 aromatic rings. The summed E-state index contributed by atoms with van der Waals surface area (Å²) in [5.74, 6) is 0.846. The summed E-state index contributed by atoms with van der Waals surface area (Å²) in [5, 5.41) is 14.2. The zero-order valence-corrected chi connectivity index (χ0v) is 14.0. The van der Waals surface area contributed by atoms with Gasteiger partial charge in [0.2, 0.25) is 5.91 Å². The first-order valence-corrected chi connectivity index (χ1v) is 8.68. The SMILES string of the molecule is Cn1ncc(CNC(=O)C2CCCN2c2ncnc3sccc23)n1. The Morgan fingerprint density at radius 1 is 1.46 bits per heavy atom. The Kier molecular flexibility index (Phi) is 3.85. The fraction of sp³-hybridized carbons (Fsp3) is 0.400. The molecule has 0 bridgehead atoms. The van der Waals surface area contributed by atoms with Crippen LogP contribution in [0.2, 0.25) is 0 Å². The molecule has 24 heavy (non-hydrogen) atoms. The summed E-state index contributed by atoms with van der Waals surface area (Å²) in [6.45, 7) is 1.21. The van der Waals surface area contributed by atoms with Crippen molar-refractivity contribution in [3.05, 3.63) is 29.7 Å². The number of thiophene rings is 1. The minimum atomic E-state index is -0.209. The third kappa shape index (κ3) is 2.71. The van der Waals surface area contributed by atoms with Gasteiger partial charge in [0.25, 0.3) is 0 Å². The second-order valence-corrected chi connectivity index (χ2v) is 6.63. The molecule has 1 atom stereocenters. The number of carbonyl (C=O) groups excluding carboxylic acids is 1. The number of nitrogens with one attached hydrogen (secondary N) is 1. The molecular formula is C15H17N7OS. The van der Waals surface area contributed by atoms with Crippen LogP contribution in [0.1, 0.15) is 18.5 Å².